The first kappa shape index (κ1) is 18.1. The van der Waals surface area contributed by atoms with Gasteiger partial charge in [-0.05, 0) is 25.8 Å². The summed E-state index contributed by atoms with van der Waals surface area (Å²) >= 11 is 0. The van der Waals surface area contributed by atoms with Gasteiger partial charge in [0.1, 0.15) is 0 Å². The number of hydrogen-bond donors (Lipinski definition) is 1. The molecule has 0 heterocycles. The molecule has 0 aliphatic carbocycles. The highest BCUT2D eigenvalue weighted by atomic mass is 32.2. The van der Waals surface area contributed by atoms with Gasteiger partial charge in [-0.2, -0.15) is 0 Å². The average Bonchev–Trinajstić information content (AvgIpc) is 2.46. The largest absolute Gasteiger partial charge is 0.273 e. The second kappa shape index (κ2) is 7.11. The van der Waals surface area contributed by atoms with Gasteiger partial charge >= 0.3 is 0 Å². The molecule has 0 atom stereocenters. The highest BCUT2D eigenvalue weighted by molar-refractivity contribution is 7.88. The Kier molecular flexibility index (Phi) is 5.36. The molecule has 0 unspecified atom stereocenters. The molecule has 0 aliphatic heterocycles. The Morgan fingerprint density at radius 2 is 1.62 bits per heavy atom. The Morgan fingerprint density at radius 1 is 1.04 bits per heavy atom. The fourth-order valence-electron chi connectivity index (χ4n) is 2.62. The molecule has 0 saturated carbocycles. The third-order valence-corrected chi connectivity index (χ3v) is 5.01. The summed E-state index contributed by atoms with van der Waals surface area (Å²) in [4.78, 5) is 10.5. The van der Waals surface area contributed by atoms with Gasteiger partial charge in [0.2, 0.25) is 10.0 Å². The summed E-state index contributed by atoms with van der Waals surface area (Å²) in [7, 11) is -3.72. The number of nitrogens with one attached hydrogen (secondary N) is 1. The van der Waals surface area contributed by atoms with Crippen molar-refractivity contribution in [3.63, 3.8) is 0 Å². The van der Waals surface area contributed by atoms with Crippen molar-refractivity contribution in [3.8, 4) is 0 Å². The summed E-state index contributed by atoms with van der Waals surface area (Å²) in [5.41, 5.74) is 0.286. The summed E-state index contributed by atoms with van der Waals surface area (Å²) in [6, 6.07) is 15.4. The van der Waals surface area contributed by atoms with Gasteiger partial charge in [0.15, 0.2) is 0 Å². The molecule has 0 spiro atoms. The highest BCUT2D eigenvalue weighted by Gasteiger charge is 2.27. The molecule has 7 heteroatoms. The zero-order chi connectivity index (χ0) is 17.8. The predicted octanol–water partition coefficient (Wildman–Crippen LogP) is 3.04. The summed E-state index contributed by atoms with van der Waals surface area (Å²) in [5.74, 6) is -0.428. The van der Waals surface area contributed by atoms with Gasteiger partial charge in [0, 0.05) is 17.2 Å². The average molecular weight is 348 g/mol. The van der Waals surface area contributed by atoms with Crippen LogP contribution >= 0.6 is 0 Å². The fourth-order valence-corrected chi connectivity index (χ4v) is 4.25. The minimum Gasteiger partial charge on any atom is -0.258 e. The van der Waals surface area contributed by atoms with Crippen LogP contribution in [0.15, 0.2) is 54.6 Å². The second-order valence-corrected chi connectivity index (χ2v) is 8.02. The van der Waals surface area contributed by atoms with E-state index < -0.39 is 26.2 Å². The number of sulfonamides is 1. The van der Waals surface area contributed by atoms with Crippen molar-refractivity contribution in [2.75, 3.05) is 0 Å². The Labute approximate surface area is 141 Å². The quantitative estimate of drug-likeness (QED) is 0.615. The van der Waals surface area contributed by atoms with Crippen LogP contribution in [0.3, 0.4) is 0 Å². The van der Waals surface area contributed by atoms with Gasteiger partial charge in [-0.15, -0.1) is 0 Å². The normalized spacial score (nSPS) is 12.1. The van der Waals surface area contributed by atoms with E-state index in [1.165, 1.54) is 18.2 Å². The van der Waals surface area contributed by atoms with E-state index in [0.29, 0.717) is 6.42 Å². The van der Waals surface area contributed by atoms with E-state index in [1.807, 2.05) is 30.3 Å². The first-order valence-corrected chi connectivity index (χ1v) is 9.12. The molecule has 0 aromatic heterocycles. The van der Waals surface area contributed by atoms with Crippen LogP contribution in [-0.4, -0.2) is 18.9 Å². The Balaban J connectivity index is 2.15. The molecular weight excluding hydrogens is 328 g/mol. The van der Waals surface area contributed by atoms with E-state index in [4.69, 9.17) is 0 Å². The van der Waals surface area contributed by atoms with Gasteiger partial charge in [-0.1, -0.05) is 48.5 Å². The van der Waals surface area contributed by atoms with Gasteiger partial charge < -0.3 is 0 Å². The first-order valence-electron chi connectivity index (χ1n) is 7.46. The monoisotopic (exact) mass is 348 g/mol. The molecule has 1 N–H and O–H groups in total. The Hall–Kier alpha value is -2.25. The molecule has 24 heavy (non-hydrogen) atoms. The number of nitro benzene ring substituents is 1. The standard InChI is InChI=1S/C17H20N2O4S/c1-17(2,12-14-8-4-3-5-9-14)18-24(22,23)13-15-10-6-7-11-16(15)19(20)21/h3-11,18H,12-13H2,1-2H3. The summed E-state index contributed by atoms with van der Waals surface area (Å²) in [5, 5.41) is 11.0. The van der Waals surface area contributed by atoms with Crippen LogP contribution in [0.4, 0.5) is 5.69 Å². The van der Waals surface area contributed by atoms with Crippen molar-refractivity contribution >= 4 is 15.7 Å². The van der Waals surface area contributed by atoms with Crippen LogP contribution in [-0.2, 0) is 22.2 Å². The lowest BCUT2D eigenvalue weighted by atomic mass is 9.96. The molecule has 0 saturated heterocycles. The maximum absolute atomic E-state index is 12.4. The van der Waals surface area contributed by atoms with Crippen molar-refractivity contribution < 1.29 is 13.3 Å². The van der Waals surface area contributed by atoms with Crippen LogP contribution in [0.1, 0.15) is 25.0 Å². The number of nitro groups is 1. The molecule has 6 nitrogen and oxygen atoms in total. The van der Waals surface area contributed by atoms with E-state index in [2.05, 4.69) is 4.72 Å². The van der Waals surface area contributed by atoms with E-state index in [0.717, 1.165) is 5.56 Å². The first-order chi connectivity index (χ1) is 11.2. The predicted molar refractivity (Wildman–Crippen MR) is 93.1 cm³/mol. The number of para-hydroxylation sites is 1. The molecule has 0 aliphatic rings. The third kappa shape index (κ3) is 5.14. The SMILES string of the molecule is CC(C)(Cc1ccccc1)NS(=O)(=O)Cc1ccccc1[N+](=O)[O-]. The number of rotatable bonds is 7. The number of benzene rings is 2. The van der Waals surface area contributed by atoms with Crippen molar-refractivity contribution in [1.82, 2.24) is 4.72 Å². The molecule has 2 aromatic carbocycles. The van der Waals surface area contributed by atoms with E-state index in [-0.39, 0.29) is 11.3 Å². The maximum atomic E-state index is 12.4. The van der Waals surface area contributed by atoms with Gasteiger partial charge in [-0.3, -0.25) is 10.1 Å². The van der Waals surface area contributed by atoms with Crippen molar-refractivity contribution in [2.45, 2.75) is 31.6 Å². The number of hydrogen-bond acceptors (Lipinski definition) is 4. The summed E-state index contributed by atoms with van der Waals surface area (Å²) in [6.07, 6.45) is 0.518. The lowest BCUT2D eigenvalue weighted by Gasteiger charge is -2.26. The molecule has 0 fully saturated rings. The Morgan fingerprint density at radius 3 is 2.25 bits per heavy atom. The van der Waals surface area contributed by atoms with Crippen molar-refractivity contribution in [1.29, 1.82) is 0 Å². The van der Waals surface area contributed by atoms with E-state index >= 15 is 0 Å². The zero-order valence-electron chi connectivity index (χ0n) is 13.6. The van der Waals surface area contributed by atoms with Crippen molar-refractivity contribution in [3.05, 3.63) is 75.8 Å². The molecule has 2 rings (SSSR count). The molecule has 0 radical (unpaired) electrons. The van der Waals surface area contributed by atoms with Gasteiger partial charge in [0.25, 0.3) is 5.69 Å². The Bertz CT molecular complexity index is 817. The lowest BCUT2D eigenvalue weighted by molar-refractivity contribution is -0.385. The maximum Gasteiger partial charge on any atom is 0.273 e. The van der Waals surface area contributed by atoms with E-state index in [1.54, 1.807) is 19.9 Å². The van der Waals surface area contributed by atoms with Crippen molar-refractivity contribution in [2.24, 2.45) is 0 Å². The van der Waals surface area contributed by atoms with Crippen LogP contribution in [0.25, 0.3) is 0 Å². The molecule has 0 amide bonds. The van der Waals surface area contributed by atoms with Gasteiger partial charge in [-0.25, -0.2) is 13.1 Å². The van der Waals surface area contributed by atoms with Crippen LogP contribution in [0.5, 0.6) is 0 Å². The topological polar surface area (TPSA) is 89.3 Å². The van der Waals surface area contributed by atoms with Crippen LogP contribution in [0, 0.1) is 10.1 Å². The summed E-state index contributed by atoms with van der Waals surface area (Å²) < 4.78 is 27.5. The lowest BCUT2D eigenvalue weighted by Crippen LogP contribution is -2.45. The molecule has 0 bridgehead atoms. The van der Waals surface area contributed by atoms with Crippen LogP contribution in [0.2, 0.25) is 0 Å². The zero-order valence-corrected chi connectivity index (χ0v) is 14.4. The minimum atomic E-state index is -3.72. The molecule has 128 valence electrons. The molecular formula is C17H20N2O4S. The van der Waals surface area contributed by atoms with E-state index in [9.17, 15) is 18.5 Å². The van der Waals surface area contributed by atoms with Gasteiger partial charge in [0.05, 0.1) is 10.7 Å². The smallest absolute Gasteiger partial charge is 0.258 e. The minimum absolute atomic E-state index is 0.172. The number of nitrogens with zero attached hydrogens (tertiary/aromatic N) is 1. The van der Waals surface area contributed by atoms with Crippen LogP contribution < -0.4 is 4.72 Å². The fraction of sp³-hybridized carbons (Fsp3) is 0.294. The second-order valence-electron chi connectivity index (χ2n) is 6.29. The molecule has 2 aromatic rings. The third-order valence-electron chi connectivity index (χ3n) is 3.45. The summed E-state index contributed by atoms with van der Waals surface area (Å²) in [6.45, 7) is 3.58. The highest BCUT2D eigenvalue weighted by Crippen LogP contribution is 2.21.